The van der Waals surface area contributed by atoms with Gasteiger partial charge in [0.15, 0.2) is 11.2 Å². The van der Waals surface area contributed by atoms with Crippen LogP contribution in [0.3, 0.4) is 0 Å². The minimum Gasteiger partial charge on any atom is -0.479 e. The van der Waals surface area contributed by atoms with Crippen LogP contribution in [0.4, 0.5) is 4.79 Å². The van der Waals surface area contributed by atoms with Gasteiger partial charge in [-0.25, -0.2) is 24.0 Å². The Bertz CT molecular complexity index is 1450. The molecule has 170 valence electrons. The fourth-order valence-electron chi connectivity index (χ4n) is 3.65. The van der Waals surface area contributed by atoms with Crippen LogP contribution in [-0.4, -0.2) is 53.8 Å². The van der Waals surface area contributed by atoms with E-state index in [1.807, 2.05) is 30.3 Å². The van der Waals surface area contributed by atoms with Crippen molar-refractivity contribution in [2.75, 3.05) is 7.11 Å². The largest absolute Gasteiger partial charge is 0.479 e. The molecule has 0 bridgehead atoms. The van der Waals surface area contributed by atoms with E-state index in [2.05, 4.69) is 20.0 Å². The lowest BCUT2D eigenvalue weighted by atomic mass is 10.2. The molecule has 4 aromatic rings. The highest BCUT2D eigenvalue weighted by atomic mass is 16.5. The van der Waals surface area contributed by atoms with Crippen LogP contribution in [0.2, 0.25) is 0 Å². The molecule has 11 heteroatoms. The molecule has 4 rings (SSSR count). The maximum Gasteiger partial charge on any atom is 0.407 e. The van der Waals surface area contributed by atoms with Gasteiger partial charge in [0.1, 0.15) is 6.04 Å². The van der Waals surface area contributed by atoms with Crippen molar-refractivity contribution >= 4 is 35.1 Å². The van der Waals surface area contributed by atoms with Crippen LogP contribution < -0.4 is 10.9 Å². The smallest absolute Gasteiger partial charge is 0.407 e. The lowest BCUT2D eigenvalue weighted by Crippen LogP contribution is -2.39. The van der Waals surface area contributed by atoms with E-state index in [1.165, 1.54) is 16.6 Å². The van der Waals surface area contributed by atoms with Crippen molar-refractivity contribution in [3.63, 3.8) is 0 Å². The summed E-state index contributed by atoms with van der Waals surface area (Å²) < 4.78 is 9.37. The number of rotatable bonds is 6. The maximum atomic E-state index is 13.6. The van der Waals surface area contributed by atoms with Gasteiger partial charge in [-0.1, -0.05) is 30.3 Å². The van der Waals surface area contributed by atoms with Crippen LogP contribution in [0.25, 0.3) is 23.0 Å². The van der Waals surface area contributed by atoms with Crippen LogP contribution in [-0.2, 0) is 23.1 Å². The number of carboxylic acids is 1. The average Bonchev–Trinajstić information content (AvgIpc) is 3.37. The zero-order valence-electron chi connectivity index (χ0n) is 18.2. The summed E-state index contributed by atoms with van der Waals surface area (Å²) in [5.41, 5.74) is 2.48. The fraction of sp³-hybridized carbons (Fsp3) is 0.227. The lowest BCUT2D eigenvalue weighted by Gasteiger charge is -2.09. The average molecular weight is 450 g/mol. The molecule has 0 aliphatic rings. The van der Waals surface area contributed by atoms with Gasteiger partial charge >= 0.3 is 12.1 Å². The van der Waals surface area contributed by atoms with Crippen molar-refractivity contribution in [2.24, 2.45) is 7.05 Å². The van der Waals surface area contributed by atoms with Crippen LogP contribution in [0, 0.1) is 6.92 Å². The number of benzene rings is 1. The van der Waals surface area contributed by atoms with Crippen molar-refractivity contribution in [1.29, 1.82) is 0 Å². The first-order valence-electron chi connectivity index (χ1n) is 10.0. The standard InChI is InChI=1S/C22H22N6O5/c1-13-16(10-9-15(20(30)31)25-22(32)33-3)28-19(29)17-18(26(2)21(28)24-13)23-12-27(17)11-14-7-5-4-6-8-14/h4-10,12,15H,11H2,1-3H3,(H,25,32)(H,30,31)/b10-9+/t15-/m0/s1. The molecule has 3 aromatic heterocycles. The van der Waals surface area contributed by atoms with E-state index in [0.29, 0.717) is 34.9 Å². The van der Waals surface area contributed by atoms with Crippen LogP contribution in [0.15, 0.2) is 47.5 Å². The van der Waals surface area contributed by atoms with E-state index in [0.717, 1.165) is 12.7 Å². The molecule has 0 saturated carbocycles. The fourth-order valence-corrected chi connectivity index (χ4v) is 3.65. The molecule has 1 amide bonds. The second kappa shape index (κ2) is 8.61. The number of ether oxygens (including phenoxy) is 1. The van der Waals surface area contributed by atoms with E-state index in [-0.39, 0.29) is 5.56 Å². The maximum absolute atomic E-state index is 13.6. The molecule has 0 fully saturated rings. The Hall–Kier alpha value is -4.41. The zero-order chi connectivity index (χ0) is 23.7. The van der Waals surface area contributed by atoms with Crippen molar-refractivity contribution < 1.29 is 19.4 Å². The summed E-state index contributed by atoms with van der Waals surface area (Å²) in [6.07, 6.45) is 3.45. The van der Waals surface area contributed by atoms with E-state index >= 15 is 0 Å². The predicted molar refractivity (Wildman–Crippen MR) is 120 cm³/mol. The third kappa shape index (κ3) is 3.95. The highest BCUT2D eigenvalue weighted by molar-refractivity contribution is 5.83. The van der Waals surface area contributed by atoms with Gasteiger partial charge in [0.25, 0.3) is 5.56 Å². The second-order valence-corrected chi connectivity index (χ2v) is 7.42. The lowest BCUT2D eigenvalue weighted by molar-refractivity contribution is -0.138. The number of carbonyl (C=O) groups excluding carboxylic acids is 1. The Balaban J connectivity index is 1.85. The van der Waals surface area contributed by atoms with Gasteiger partial charge in [-0.2, -0.15) is 0 Å². The number of aryl methyl sites for hydroxylation is 2. The molecule has 0 spiro atoms. The first-order chi connectivity index (χ1) is 15.8. The molecule has 1 aromatic carbocycles. The monoisotopic (exact) mass is 450 g/mol. The summed E-state index contributed by atoms with van der Waals surface area (Å²) in [4.78, 5) is 45.4. The summed E-state index contributed by atoms with van der Waals surface area (Å²) in [7, 11) is 2.90. The van der Waals surface area contributed by atoms with Crippen LogP contribution in [0.1, 0.15) is 17.0 Å². The second-order valence-electron chi connectivity index (χ2n) is 7.42. The number of nitrogens with zero attached hydrogens (tertiary/aromatic N) is 5. The number of imidazole rings is 2. The molecule has 33 heavy (non-hydrogen) atoms. The quantitative estimate of drug-likeness (QED) is 0.455. The highest BCUT2D eigenvalue weighted by Gasteiger charge is 2.21. The van der Waals surface area contributed by atoms with E-state index in [9.17, 15) is 19.5 Å². The number of fused-ring (bicyclic) bond motifs is 2. The molecule has 1 atom stereocenters. The number of methoxy groups -OCH3 is 1. The third-order valence-corrected chi connectivity index (χ3v) is 5.29. The Morgan fingerprint density at radius 2 is 2.00 bits per heavy atom. The number of aliphatic carboxylic acids is 1. The molecule has 0 radical (unpaired) electrons. The Morgan fingerprint density at radius 1 is 1.27 bits per heavy atom. The number of hydrogen-bond donors (Lipinski definition) is 2. The van der Waals surface area contributed by atoms with E-state index in [1.54, 1.807) is 29.4 Å². The number of amides is 1. The van der Waals surface area contributed by atoms with Gasteiger partial charge in [-0.05, 0) is 24.6 Å². The Morgan fingerprint density at radius 3 is 2.67 bits per heavy atom. The molecular weight excluding hydrogens is 428 g/mol. The first-order valence-corrected chi connectivity index (χ1v) is 10.0. The molecule has 3 heterocycles. The van der Waals surface area contributed by atoms with E-state index < -0.39 is 18.1 Å². The summed E-state index contributed by atoms with van der Waals surface area (Å²) in [5, 5.41) is 11.6. The number of alkyl carbamates (subject to hydrolysis) is 1. The Kier molecular flexibility index (Phi) is 5.69. The van der Waals surface area contributed by atoms with E-state index in [4.69, 9.17) is 0 Å². The topological polar surface area (TPSA) is 133 Å². The van der Waals surface area contributed by atoms with Gasteiger partial charge in [0, 0.05) is 13.6 Å². The normalized spacial score (nSPS) is 12.5. The van der Waals surface area contributed by atoms with Gasteiger partial charge in [-0.3, -0.25) is 9.36 Å². The number of carbonyl (C=O) groups is 2. The van der Waals surface area contributed by atoms with Gasteiger partial charge in [-0.15, -0.1) is 0 Å². The molecular formula is C22H22N6O5. The molecule has 11 nitrogen and oxygen atoms in total. The van der Waals surface area contributed by atoms with Crippen LogP contribution >= 0.6 is 0 Å². The summed E-state index contributed by atoms with van der Waals surface area (Å²) in [5.74, 6) is -0.915. The van der Waals surface area contributed by atoms with Gasteiger partial charge < -0.3 is 19.7 Å². The summed E-state index contributed by atoms with van der Waals surface area (Å²) >= 11 is 0. The molecule has 0 saturated heterocycles. The summed E-state index contributed by atoms with van der Waals surface area (Å²) in [6.45, 7) is 2.17. The van der Waals surface area contributed by atoms with Gasteiger partial charge in [0.05, 0.1) is 24.8 Å². The Labute approximate surface area is 187 Å². The van der Waals surface area contributed by atoms with Crippen LogP contribution in [0.5, 0.6) is 0 Å². The first kappa shape index (κ1) is 21.8. The van der Waals surface area contributed by atoms with Crippen molar-refractivity contribution in [3.05, 3.63) is 70.0 Å². The number of aromatic nitrogens is 5. The summed E-state index contributed by atoms with van der Waals surface area (Å²) in [6, 6.07) is 8.35. The van der Waals surface area contributed by atoms with Crippen molar-refractivity contribution in [1.82, 2.24) is 28.8 Å². The molecule has 2 N–H and O–H groups in total. The number of nitrogens with one attached hydrogen (secondary N) is 1. The zero-order valence-corrected chi connectivity index (χ0v) is 18.2. The highest BCUT2D eigenvalue weighted by Crippen LogP contribution is 2.17. The minimum atomic E-state index is -1.35. The van der Waals surface area contributed by atoms with Gasteiger partial charge in [0.2, 0.25) is 5.78 Å². The van der Waals surface area contributed by atoms with Crippen molar-refractivity contribution in [2.45, 2.75) is 19.5 Å². The predicted octanol–water partition coefficient (Wildman–Crippen LogP) is 1.56. The van der Waals surface area contributed by atoms with Crippen molar-refractivity contribution in [3.8, 4) is 0 Å². The third-order valence-electron chi connectivity index (χ3n) is 5.29. The molecule has 0 unspecified atom stereocenters. The SMILES string of the molecule is COC(=O)N[C@@H](/C=C/c1c(C)nc2n(C)c3ncn(Cc4ccccc4)c3c(=O)n12)C(=O)O. The minimum absolute atomic E-state index is 0.334. The molecule has 0 aliphatic carbocycles. The number of carboxylic acid groups (broad SMARTS) is 1. The molecule has 0 aliphatic heterocycles. The number of hydrogen-bond acceptors (Lipinski definition) is 6.